The van der Waals surface area contributed by atoms with Gasteiger partial charge in [0.25, 0.3) is 5.91 Å². The third kappa shape index (κ3) is 2.82. The number of benzene rings is 1. The lowest BCUT2D eigenvalue weighted by molar-refractivity contribution is 0.0960. The summed E-state index contributed by atoms with van der Waals surface area (Å²) in [6, 6.07) is 9.12. The minimum Gasteiger partial charge on any atom is -0.455 e. The average molecular weight is 262 g/mol. The van der Waals surface area contributed by atoms with E-state index in [1.165, 1.54) is 17.0 Å². The van der Waals surface area contributed by atoms with Crippen molar-refractivity contribution in [2.24, 2.45) is 5.73 Å². The van der Waals surface area contributed by atoms with E-state index in [-0.39, 0.29) is 24.0 Å². The first-order valence-corrected chi connectivity index (χ1v) is 6.02. The third-order valence-corrected chi connectivity index (χ3v) is 2.75. The van der Waals surface area contributed by atoms with E-state index in [1.807, 2.05) is 6.92 Å². The highest BCUT2D eigenvalue weighted by atomic mass is 19.1. The number of amides is 1. The summed E-state index contributed by atoms with van der Waals surface area (Å²) in [5.41, 5.74) is 5.93. The van der Waals surface area contributed by atoms with Crippen LogP contribution in [0.2, 0.25) is 0 Å². The standard InChI is InChI=1S/C14H15FN2O2/c1-2-17(11-5-3-4-10(15)8-11)14(18)13-7-6-12(9-16)19-13/h3-8H,2,9,16H2,1H3. The number of furan rings is 1. The van der Waals surface area contributed by atoms with E-state index in [4.69, 9.17) is 10.2 Å². The molecular weight excluding hydrogens is 247 g/mol. The largest absolute Gasteiger partial charge is 0.455 e. The highest BCUT2D eigenvalue weighted by Crippen LogP contribution is 2.19. The second-order valence-corrected chi connectivity index (χ2v) is 4.00. The van der Waals surface area contributed by atoms with Gasteiger partial charge in [-0.3, -0.25) is 4.79 Å². The van der Waals surface area contributed by atoms with Crippen molar-refractivity contribution in [2.45, 2.75) is 13.5 Å². The van der Waals surface area contributed by atoms with Gasteiger partial charge < -0.3 is 15.1 Å². The Morgan fingerprint density at radius 3 is 2.74 bits per heavy atom. The Bertz CT molecular complexity index is 580. The van der Waals surface area contributed by atoms with Crippen LogP contribution in [0.3, 0.4) is 0 Å². The van der Waals surface area contributed by atoms with Gasteiger partial charge in [0, 0.05) is 12.2 Å². The lowest BCUT2D eigenvalue weighted by Gasteiger charge is -2.19. The van der Waals surface area contributed by atoms with E-state index in [1.54, 1.807) is 24.3 Å². The zero-order valence-corrected chi connectivity index (χ0v) is 10.6. The highest BCUT2D eigenvalue weighted by molar-refractivity contribution is 6.04. The van der Waals surface area contributed by atoms with Crippen molar-refractivity contribution in [3.05, 3.63) is 53.7 Å². The Morgan fingerprint density at radius 1 is 1.37 bits per heavy atom. The van der Waals surface area contributed by atoms with Crippen LogP contribution in [0.25, 0.3) is 0 Å². The van der Waals surface area contributed by atoms with Gasteiger partial charge in [-0.25, -0.2) is 4.39 Å². The average Bonchev–Trinajstić information content (AvgIpc) is 2.88. The number of halogens is 1. The van der Waals surface area contributed by atoms with Crippen LogP contribution in [0.4, 0.5) is 10.1 Å². The molecule has 19 heavy (non-hydrogen) atoms. The van der Waals surface area contributed by atoms with Crippen molar-refractivity contribution < 1.29 is 13.6 Å². The van der Waals surface area contributed by atoms with Gasteiger partial charge in [-0.1, -0.05) is 6.07 Å². The summed E-state index contributed by atoms with van der Waals surface area (Å²) >= 11 is 0. The van der Waals surface area contributed by atoms with Crippen molar-refractivity contribution in [3.8, 4) is 0 Å². The van der Waals surface area contributed by atoms with Gasteiger partial charge in [-0.15, -0.1) is 0 Å². The molecule has 1 heterocycles. The molecule has 0 fully saturated rings. The molecule has 0 aliphatic rings. The fourth-order valence-electron chi connectivity index (χ4n) is 1.82. The van der Waals surface area contributed by atoms with Gasteiger partial charge in [0.1, 0.15) is 11.6 Å². The molecular formula is C14H15FN2O2. The third-order valence-electron chi connectivity index (χ3n) is 2.75. The summed E-state index contributed by atoms with van der Waals surface area (Å²) in [5, 5.41) is 0. The van der Waals surface area contributed by atoms with Crippen LogP contribution >= 0.6 is 0 Å². The zero-order chi connectivity index (χ0) is 13.8. The first-order valence-electron chi connectivity index (χ1n) is 6.02. The van der Waals surface area contributed by atoms with E-state index in [0.717, 1.165) is 0 Å². The van der Waals surface area contributed by atoms with Crippen LogP contribution in [-0.4, -0.2) is 12.5 Å². The van der Waals surface area contributed by atoms with Gasteiger partial charge in [0.2, 0.25) is 0 Å². The molecule has 0 aliphatic carbocycles. The molecule has 0 aliphatic heterocycles. The molecule has 2 N–H and O–H groups in total. The van der Waals surface area contributed by atoms with Crippen molar-refractivity contribution in [2.75, 3.05) is 11.4 Å². The first kappa shape index (κ1) is 13.3. The minimum atomic E-state index is -0.383. The molecule has 2 rings (SSSR count). The molecule has 0 saturated heterocycles. The quantitative estimate of drug-likeness (QED) is 0.921. The fraction of sp³-hybridized carbons (Fsp3) is 0.214. The molecule has 1 amide bonds. The van der Waals surface area contributed by atoms with Crippen molar-refractivity contribution in [1.82, 2.24) is 0 Å². The van der Waals surface area contributed by atoms with Gasteiger partial charge in [0.05, 0.1) is 6.54 Å². The number of carbonyl (C=O) groups is 1. The fourth-order valence-corrected chi connectivity index (χ4v) is 1.82. The topological polar surface area (TPSA) is 59.5 Å². The second-order valence-electron chi connectivity index (χ2n) is 4.00. The summed E-state index contributed by atoms with van der Waals surface area (Å²) < 4.78 is 18.5. The van der Waals surface area contributed by atoms with Crippen LogP contribution in [0, 0.1) is 5.82 Å². The molecule has 1 aromatic carbocycles. The molecule has 100 valence electrons. The smallest absolute Gasteiger partial charge is 0.293 e. The van der Waals surface area contributed by atoms with Crippen LogP contribution in [0.5, 0.6) is 0 Å². The Morgan fingerprint density at radius 2 is 2.16 bits per heavy atom. The summed E-state index contributed by atoms with van der Waals surface area (Å²) in [4.78, 5) is 13.7. The summed E-state index contributed by atoms with van der Waals surface area (Å²) in [6.07, 6.45) is 0. The monoisotopic (exact) mass is 262 g/mol. The van der Waals surface area contributed by atoms with Crippen LogP contribution in [-0.2, 0) is 6.54 Å². The number of nitrogens with zero attached hydrogens (tertiary/aromatic N) is 1. The molecule has 1 aromatic heterocycles. The molecule has 0 saturated carbocycles. The van der Waals surface area contributed by atoms with Crippen LogP contribution < -0.4 is 10.6 Å². The summed E-state index contributed by atoms with van der Waals surface area (Å²) in [5.74, 6) is 0.0452. The molecule has 4 nitrogen and oxygen atoms in total. The van der Waals surface area contributed by atoms with E-state index < -0.39 is 0 Å². The van der Waals surface area contributed by atoms with Gasteiger partial charge >= 0.3 is 0 Å². The Labute approximate surface area is 110 Å². The maximum atomic E-state index is 13.2. The minimum absolute atomic E-state index is 0.201. The van der Waals surface area contributed by atoms with Gasteiger partial charge in [-0.2, -0.15) is 0 Å². The van der Waals surface area contributed by atoms with E-state index in [9.17, 15) is 9.18 Å². The van der Waals surface area contributed by atoms with Crippen molar-refractivity contribution in [3.63, 3.8) is 0 Å². The zero-order valence-electron chi connectivity index (χ0n) is 10.6. The molecule has 0 radical (unpaired) electrons. The van der Waals surface area contributed by atoms with Gasteiger partial charge in [-0.05, 0) is 37.3 Å². The molecule has 0 atom stereocenters. The predicted octanol–water partition coefficient (Wildman–Crippen LogP) is 2.54. The van der Waals surface area contributed by atoms with Crippen LogP contribution in [0.15, 0.2) is 40.8 Å². The number of nitrogens with two attached hydrogens (primary N) is 1. The molecule has 5 heteroatoms. The van der Waals surface area contributed by atoms with E-state index in [2.05, 4.69) is 0 Å². The van der Waals surface area contributed by atoms with E-state index in [0.29, 0.717) is 18.0 Å². The summed E-state index contributed by atoms with van der Waals surface area (Å²) in [7, 11) is 0. The van der Waals surface area contributed by atoms with E-state index >= 15 is 0 Å². The van der Waals surface area contributed by atoms with Gasteiger partial charge in [0.15, 0.2) is 5.76 Å². The number of rotatable bonds is 4. The normalized spacial score (nSPS) is 10.5. The number of carbonyl (C=O) groups excluding carboxylic acids is 1. The highest BCUT2D eigenvalue weighted by Gasteiger charge is 2.19. The number of hydrogen-bond donors (Lipinski definition) is 1. The molecule has 2 aromatic rings. The SMILES string of the molecule is CCN(C(=O)c1ccc(CN)o1)c1cccc(F)c1. The molecule has 0 bridgehead atoms. The molecule has 0 unspecified atom stereocenters. The number of hydrogen-bond acceptors (Lipinski definition) is 3. The maximum absolute atomic E-state index is 13.2. The number of anilines is 1. The van der Waals surface area contributed by atoms with Crippen molar-refractivity contribution >= 4 is 11.6 Å². The Hall–Kier alpha value is -2.14. The second kappa shape index (κ2) is 5.67. The first-order chi connectivity index (χ1) is 9.15. The summed E-state index contributed by atoms with van der Waals surface area (Å²) in [6.45, 7) is 2.47. The Kier molecular flexibility index (Phi) is 3.97. The van der Waals surface area contributed by atoms with Crippen molar-refractivity contribution in [1.29, 1.82) is 0 Å². The Balaban J connectivity index is 2.29. The molecule has 0 spiro atoms. The lowest BCUT2D eigenvalue weighted by Crippen LogP contribution is -2.30. The maximum Gasteiger partial charge on any atom is 0.293 e. The lowest BCUT2D eigenvalue weighted by atomic mass is 10.2. The predicted molar refractivity (Wildman–Crippen MR) is 70.3 cm³/mol. The van der Waals surface area contributed by atoms with Crippen LogP contribution in [0.1, 0.15) is 23.2 Å².